The average Bonchev–Trinajstić information content (AvgIpc) is 2.34. The standard InChI is InChI=1S/C11H9FN4O2/c12-6-1-3-7(4-2-6)14-10-8(11(17)18)5-9(13)15-16-10/h1-5H,(H2,13,15)(H,14,16)(H,17,18). The Balaban J connectivity index is 2.34. The molecule has 18 heavy (non-hydrogen) atoms. The Morgan fingerprint density at radius 1 is 1.28 bits per heavy atom. The molecule has 0 radical (unpaired) electrons. The quantitative estimate of drug-likeness (QED) is 0.763. The van der Waals surface area contributed by atoms with Gasteiger partial charge in [0.1, 0.15) is 17.2 Å². The zero-order chi connectivity index (χ0) is 13.1. The molecule has 1 heterocycles. The summed E-state index contributed by atoms with van der Waals surface area (Å²) in [7, 11) is 0. The SMILES string of the molecule is Nc1cc(C(=O)O)c(Nc2ccc(F)cc2)nn1. The Labute approximate surface area is 101 Å². The van der Waals surface area contributed by atoms with E-state index in [9.17, 15) is 9.18 Å². The fourth-order valence-corrected chi connectivity index (χ4v) is 1.33. The monoisotopic (exact) mass is 248 g/mol. The van der Waals surface area contributed by atoms with Crippen LogP contribution in [0.1, 0.15) is 10.4 Å². The summed E-state index contributed by atoms with van der Waals surface area (Å²) in [5.74, 6) is -1.51. The number of anilines is 3. The van der Waals surface area contributed by atoms with Crippen LogP contribution in [0.2, 0.25) is 0 Å². The van der Waals surface area contributed by atoms with Crippen molar-refractivity contribution in [1.82, 2.24) is 10.2 Å². The van der Waals surface area contributed by atoms with Crippen LogP contribution in [0.3, 0.4) is 0 Å². The van der Waals surface area contributed by atoms with E-state index in [0.717, 1.165) is 0 Å². The number of nitrogens with one attached hydrogen (secondary N) is 1. The molecule has 0 bridgehead atoms. The third-order valence-corrected chi connectivity index (χ3v) is 2.15. The average molecular weight is 248 g/mol. The van der Waals surface area contributed by atoms with Gasteiger partial charge in [-0.25, -0.2) is 9.18 Å². The van der Waals surface area contributed by atoms with Crippen LogP contribution in [0.5, 0.6) is 0 Å². The maximum atomic E-state index is 12.7. The van der Waals surface area contributed by atoms with Crippen LogP contribution >= 0.6 is 0 Å². The molecule has 0 unspecified atom stereocenters. The largest absolute Gasteiger partial charge is 0.478 e. The molecule has 0 atom stereocenters. The van der Waals surface area contributed by atoms with E-state index in [4.69, 9.17) is 10.8 Å². The summed E-state index contributed by atoms with van der Waals surface area (Å²) >= 11 is 0. The number of nitrogen functional groups attached to an aromatic ring is 1. The van der Waals surface area contributed by atoms with E-state index in [1.807, 2.05) is 0 Å². The zero-order valence-electron chi connectivity index (χ0n) is 9.09. The molecule has 0 fully saturated rings. The summed E-state index contributed by atoms with van der Waals surface area (Å²) in [5, 5.41) is 18.9. The molecule has 0 aliphatic carbocycles. The highest BCUT2D eigenvalue weighted by Gasteiger charge is 2.13. The molecule has 0 spiro atoms. The van der Waals surface area contributed by atoms with Gasteiger partial charge in [0.15, 0.2) is 5.82 Å². The van der Waals surface area contributed by atoms with Gasteiger partial charge >= 0.3 is 5.97 Å². The molecule has 4 N–H and O–H groups in total. The molecule has 7 heteroatoms. The molecule has 1 aromatic carbocycles. The van der Waals surface area contributed by atoms with Gasteiger partial charge in [0.05, 0.1) is 0 Å². The number of benzene rings is 1. The minimum atomic E-state index is -1.18. The van der Waals surface area contributed by atoms with E-state index in [1.54, 1.807) is 0 Å². The van der Waals surface area contributed by atoms with Crippen molar-refractivity contribution in [3.05, 3.63) is 41.7 Å². The van der Waals surface area contributed by atoms with Crippen LogP contribution < -0.4 is 11.1 Å². The number of carbonyl (C=O) groups is 1. The van der Waals surface area contributed by atoms with Gasteiger partial charge in [-0.2, -0.15) is 0 Å². The molecule has 0 amide bonds. The Morgan fingerprint density at radius 2 is 1.94 bits per heavy atom. The first-order chi connectivity index (χ1) is 8.56. The first-order valence-corrected chi connectivity index (χ1v) is 4.95. The molecule has 2 rings (SSSR count). The van der Waals surface area contributed by atoms with Gasteiger partial charge in [-0.15, -0.1) is 10.2 Å². The summed E-state index contributed by atoms with van der Waals surface area (Å²) in [5.41, 5.74) is 5.76. The van der Waals surface area contributed by atoms with Gasteiger partial charge < -0.3 is 16.2 Å². The highest BCUT2D eigenvalue weighted by molar-refractivity contribution is 5.94. The first-order valence-electron chi connectivity index (χ1n) is 4.95. The van der Waals surface area contributed by atoms with Crippen LogP contribution in [-0.2, 0) is 0 Å². The van der Waals surface area contributed by atoms with E-state index < -0.39 is 5.97 Å². The number of hydrogen-bond acceptors (Lipinski definition) is 5. The van der Waals surface area contributed by atoms with Crippen molar-refractivity contribution < 1.29 is 14.3 Å². The maximum Gasteiger partial charge on any atom is 0.339 e. The predicted octanol–water partition coefficient (Wildman–Crippen LogP) is 1.64. The van der Waals surface area contributed by atoms with E-state index in [2.05, 4.69) is 15.5 Å². The molecule has 92 valence electrons. The van der Waals surface area contributed by atoms with Crippen LogP contribution in [0.4, 0.5) is 21.7 Å². The van der Waals surface area contributed by atoms with Crippen molar-refractivity contribution in [1.29, 1.82) is 0 Å². The minimum absolute atomic E-state index is 0.0112. The van der Waals surface area contributed by atoms with Gasteiger partial charge in [0.25, 0.3) is 0 Å². The second kappa shape index (κ2) is 4.66. The van der Waals surface area contributed by atoms with Crippen molar-refractivity contribution in [3.63, 3.8) is 0 Å². The highest BCUT2D eigenvalue weighted by Crippen LogP contribution is 2.19. The van der Waals surface area contributed by atoms with E-state index in [0.29, 0.717) is 5.69 Å². The first kappa shape index (κ1) is 11.8. The topological polar surface area (TPSA) is 101 Å². The van der Waals surface area contributed by atoms with Crippen LogP contribution in [0.15, 0.2) is 30.3 Å². The fourth-order valence-electron chi connectivity index (χ4n) is 1.33. The zero-order valence-corrected chi connectivity index (χ0v) is 9.09. The normalized spacial score (nSPS) is 10.1. The summed E-state index contributed by atoms with van der Waals surface area (Å²) in [4.78, 5) is 11.0. The summed E-state index contributed by atoms with van der Waals surface area (Å²) in [6, 6.07) is 6.60. The summed E-state index contributed by atoms with van der Waals surface area (Å²) in [6.07, 6.45) is 0. The third-order valence-electron chi connectivity index (χ3n) is 2.15. The van der Waals surface area contributed by atoms with Crippen molar-refractivity contribution in [2.75, 3.05) is 11.1 Å². The highest BCUT2D eigenvalue weighted by atomic mass is 19.1. The number of rotatable bonds is 3. The molecule has 2 aromatic rings. The van der Waals surface area contributed by atoms with Gasteiger partial charge in [-0.3, -0.25) is 0 Å². The molecular weight excluding hydrogens is 239 g/mol. The van der Waals surface area contributed by atoms with Crippen molar-refractivity contribution in [2.24, 2.45) is 0 Å². The minimum Gasteiger partial charge on any atom is -0.478 e. The number of nitrogens with zero attached hydrogens (tertiary/aromatic N) is 2. The van der Waals surface area contributed by atoms with Gasteiger partial charge in [-0.05, 0) is 24.3 Å². The molecule has 1 aromatic heterocycles. The molecule has 0 aliphatic rings. The van der Waals surface area contributed by atoms with Crippen LogP contribution in [0.25, 0.3) is 0 Å². The number of carboxylic acids is 1. The number of carboxylic acid groups (broad SMARTS) is 1. The number of aromatic nitrogens is 2. The third kappa shape index (κ3) is 2.51. The number of aromatic carboxylic acids is 1. The van der Waals surface area contributed by atoms with Crippen LogP contribution in [0, 0.1) is 5.82 Å². The summed E-state index contributed by atoms with van der Waals surface area (Å²) in [6.45, 7) is 0. The second-order valence-corrected chi connectivity index (χ2v) is 3.47. The molecule has 0 saturated heterocycles. The smallest absolute Gasteiger partial charge is 0.339 e. The number of hydrogen-bond donors (Lipinski definition) is 3. The molecule has 6 nitrogen and oxygen atoms in total. The predicted molar refractivity (Wildman–Crippen MR) is 63.1 cm³/mol. The van der Waals surface area contributed by atoms with Crippen molar-refractivity contribution >= 4 is 23.3 Å². The molecular formula is C11H9FN4O2. The Kier molecular flexibility index (Phi) is 3.05. The van der Waals surface area contributed by atoms with Crippen LogP contribution in [-0.4, -0.2) is 21.3 Å². The maximum absolute atomic E-state index is 12.7. The molecule has 0 aliphatic heterocycles. The van der Waals surface area contributed by atoms with Crippen molar-refractivity contribution in [2.45, 2.75) is 0 Å². The van der Waals surface area contributed by atoms with E-state index in [-0.39, 0.29) is 23.0 Å². The van der Waals surface area contributed by atoms with E-state index in [1.165, 1.54) is 30.3 Å². The van der Waals surface area contributed by atoms with Gasteiger partial charge in [0, 0.05) is 11.8 Å². The van der Waals surface area contributed by atoms with Gasteiger partial charge in [0.2, 0.25) is 0 Å². The van der Waals surface area contributed by atoms with Crippen molar-refractivity contribution in [3.8, 4) is 0 Å². The lowest BCUT2D eigenvalue weighted by atomic mass is 10.2. The Hall–Kier alpha value is -2.70. The lowest BCUT2D eigenvalue weighted by Crippen LogP contribution is -2.08. The van der Waals surface area contributed by atoms with Gasteiger partial charge in [-0.1, -0.05) is 0 Å². The van der Waals surface area contributed by atoms with E-state index >= 15 is 0 Å². The Morgan fingerprint density at radius 3 is 2.56 bits per heavy atom. The second-order valence-electron chi connectivity index (χ2n) is 3.47. The number of halogens is 1. The number of nitrogens with two attached hydrogens (primary N) is 1. The lowest BCUT2D eigenvalue weighted by molar-refractivity contribution is 0.0697. The lowest BCUT2D eigenvalue weighted by Gasteiger charge is -2.07. The molecule has 0 saturated carbocycles. The Bertz CT molecular complexity index is 586. The fraction of sp³-hybridized carbons (Fsp3) is 0. The summed E-state index contributed by atoms with van der Waals surface area (Å²) < 4.78 is 12.7.